The van der Waals surface area contributed by atoms with Gasteiger partial charge in [-0.15, -0.1) is 0 Å². The summed E-state index contributed by atoms with van der Waals surface area (Å²) in [6, 6.07) is 13.2. The van der Waals surface area contributed by atoms with Crippen LogP contribution in [0.5, 0.6) is 11.5 Å². The zero-order valence-corrected chi connectivity index (χ0v) is 24.1. The quantitative estimate of drug-likeness (QED) is 0.568. The first-order valence-corrected chi connectivity index (χ1v) is 14.4. The lowest BCUT2D eigenvalue weighted by atomic mass is 10.00. The molecule has 3 aliphatic heterocycles. The van der Waals surface area contributed by atoms with Crippen LogP contribution in [0.4, 0.5) is 9.18 Å². The van der Waals surface area contributed by atoms with Gasteiger partial charge in [-0.2, -0.15) is 0 Å². The van der Waals surface area contributed by atoms with Crippen molar-refractivity contribution in [3.8, 4) is 11.5 Å². The van der Waals surface area contributed by atoms with E-state index in [1.807, 2.05) is 6.07 Å². The molecule has 3 atom stereocenters. The van der Waals surface area contributed by atoms with Gasteiger partial charge in [-0.3, -0.25) is 9.69 Å². The Hall–Kier alpha value is -3.37. The van der Waals surface area contributed by atoms with Crippen molar-refractivity contribution in [1.29, 1.82) is 0 Å². The van der Waals surface area contributed by atoms with E-state index in [1.54, 1.807) is 43.9 Å². The lowest BCUT2D eigenvalue weighted by molar-refractivity contribution is -0.0105. The molecule has 0 aliphatic carbocycles. The maximum absolute atomic E-state index is 15.0. The van der Waals surface area contributed by atoms with Gasteiger partial charge in [0.1, 0.15) is 29.8 Å². The Morgan fingerprint density at radius 3 is 2.66 bits per heavy atom. The third kappa shape index (κ3) is 7.29. The number of carbonyl (C=O) groups is 2. The smallest absolute Gasteiger partial charge is 0.410 e. The molecule has 3 heterocycles. The molecule has 222 valence electrons. The van der Waals surface area contributed by atoms with Crippen molar-refractivity contribution in [2.75, 3.05) is 45.9 Å². The van der Waals surface area contributed by atoms with Gasteiger partial charge in [0, 0.05) is 45.2 Å². The number of amides is 2. The van der Waals surface area contributed by atoms with Crippen LogP contribution in [0.2, 0.25) is 0 Å². The van der Waals surface area contributed by atoms with Gasteiger partial charge in [0.25, 0.3) is 5.91 Å². The minimum Gasteiger partial charge on any atom is -0.491 e. The molecule has 3 unspecified atom stereocenters. The minimum atomic E-state index is -1.39. The number of piperidine rings is 1. The highest BCUT2D eigenvalue weighted by atomic mass is 19.1. The maximum Gasteiger partial charge on any atom is 0.410 e. The summed E-state index contributed by atoms with van der Waals surface area (Å²) in [4.78, 5) is 30.9. The highest BCUT2D eigenvalue weighted by Crippen LogP contribution is 2.31. The van der Waals surface area contributed by atoms with Crippen molar-refractivity contribution in [2.24, 2.45) is 0 Å². The van der Waals surface area contributed by atoms with Crippen molar-refractivity contribution in [1.82, 2.24) is 14.7 Å². The lowest BCUT2D eigenvalue weighted by Crippen LogP contribution is -2.50. The van der Waals surface area contributed by atoms with Gasteiger partial charge < -0.3 is 29.1 Å². The molecular weight excluding hydrogens is 529 g/mol. The maximum atomic E-state index is 15.0. The zero-order valence-electron chi connectivity index (χ0n) is 24.1. The van der Waals surface area contributed by atoms with Crippen LogP contribution in [0.25, 0.3) is 0 Å². The summed E-state index contributed by atoms with van der Waals surface area (Å²) < 4.78 is 32.1. The highest BCUT2D eigenvalue weighted by Gasteiger charge is 2.35. The van der Waals surface area contributed by atoms with Crippen LogP contribution in [0.15, 0.2) is 42.5 Å². The van der Waals surface area contributed by atoms with E-state index < -0.39 is 30.1 Å². The monoisotopic (exact) mass is 569 g/mol. The average Bonchev–Trinajstić information content (AvgIpc) is 3.06. The Morgan fingerprint density at radius 1 is 1.12 bits per heavy atom. The number of aliphatic hydroxyl groups is 1. The number of fused-ring (bicyclic) bond motifs is 2. The second-order valence-electron chi connectivity index (χ2n) is 12.1. The van der Waals surface area contributed by atoms with Crippen molar-refractivity contribution < 1.29 is 33.3 Å². The van der Waals surface area contributed by atoms with Gasteiger partial charge >= 0.3 is 6.09 Å². The number of likely N-dealkylation sites (tertiary alicyclic amines) is 1. The first kappa shape index (κ1) is 29.1. The normalized spacial score (nSPS) is 22.2. The summed E-state index contributed by atoms with van der Waals surface area (Å²) in [6.45, 7) is 8.49. The van der Waals surface area contributed by atoms with Crippen LogP contribution < -0.4 is 9.47 Å². The molecule has 2 aromatic rings. The number of carbonyl (C=O) groups excluding carboxylic acids is 2. The topological polar surface area (TPSA) is 91.8 Å². The Morgan fingerprint density at radius 2 is 1.90 bits per heavy atom. The number of β-amino-alcohol motifs (C(OH)–C–C–N with tert-alkyl or cyclic N) is 1. The van der Waals surface area contributed by atoms with E-state index in [2.05, 4.69) is 23.1 Å². The summed E-state index contributed by atoms with van der Waals surface area (Å²) in [7, 11) is 0. The fourth-order valence-corrected chi connectivity index (χ4v) is 5.59. The van der Waals surface area contributed by atoms with Crippen LogP contribution in [-0.2, 0) is 17.7 Å². The molecule has 2 amide bonds. The molecule has 3 aliphatic rings. The second-order valence-corrected chi connectivity index (χ2v) is 12.1. The SMILES string of the molecule is CC(C)(C)OC(=O)N1CCC(Oc2ccc3c(c2)OCCN(CC(O)CN2CCc4ccccc4C2)C3=O)C(F)C1. The molecule has 5 rings (SSSR count). The number of nitrogens with zero attached hydrogens (tertiary/aromatic N) is 3. The molecule has 9 nitrogen and oxygen atoms in total. The Labute approximate surface area is 240 Å². The van der Waals surface area contributed by atoms with E-state index in [0.29, 0.717) is 43.1 Å². The summed E-state index contributed by atoms with van der Waals surface area (Å²) in [6.07, 6.45) is -2.09. The van der Waals surface area contributed by atoms with Crippen LogP contribution in [-0.4, -0.2) is 102 Å². The second kappa shape index (κ2) is 12.2. The van der Waals surface area contributed by atoms with Gasteiger partial charge in [-0.1, -0.05) is 24.3 Å². The third-order valence-electron chi connectivity index (χ3n) is 7.62. The molecule has 41 heavy (non-hydrogen) atoms. The van der Waals surface area contributed by atoms with E-state index in [0.717, 1.165) is 19.5 Å². The highest BCUT2D eigenvalue weighted by molar-refractivity contribution is 5.97. The van der Waals surface area contributed by atoms with E-state index in [1.165, 1.54) is 16.0 Å². The Bertz CT molecular complexity index is 1250. The number of ether oxygens (including phenoxy) is 3. The largest absolute Gasteiger partial charge is 0.491 e. The van der Waals surface area contributed by atoms with Gasteiger partial charge in [0.2, 0.25) is 0 Å². The first-order valence-electron chi connectivity index (χ1n) is 14.4. The van der Waals surface area contributed by atoms with Crippen LogP contribution in [0.3, 0.4) is 0 Å². The molecular formula is C31H40FN3O6. The molecule has 0 aromatic heterocycles. The Kier molecular flexibility index (Phi) is 8.70. The van der Waals surface area contributed by atoms with Crippen molar-refractivity contribution >= 4 is 12.0 Å². The lowest BCUT2D eigenvalue weighted by Gasteiger charge is -2.35. The van der Waals surface area contributed by atoms with Gasteiger partial charge in [-0.05, 0) is 50.5 Å². The number of rotatable bonds is 6. The number of alkyl halides is 1. The summed E-state index contributed by atoms with van der Waals surface area (Å²) in [5.41, 5.74) is 2.37. The Balaban J connectivity index is 1.15. The average molecular weight is 570 g/mol. The molecule has 0 saturated carbocycles. The number of benzene rings is 2. The van der Waals surface area contributed by atoms with E-state index >= 15 is 0 Å². The molecule has 1 saturated heterocycles. The standard InChI is InChI=1S/C31H40FN3O6/c1-31(2,3)41-30(38)35-13-11-27(26(32)20-35)40-24-8-9-25-28(16-24)39-15-14-34(29(25)37)19-23(36)18-33-12-10-21-6-4-5-7-22(21)17-33/h4-9,16,23,26-27,36H,10-15,17-20H2,1-3H3. The summed E-state index contributed by atoms with van der Waals surface area (Å²) >= 11 is 0. The predicted octanol–water partition coefficient (Wildman–Crippen LogP) is 3.67. The van der Waals surface area contributed by atoms with Crippen LogP contribution in [0, 0.1) is 0 Å². The summed E-state index contributed by atoms with van der Waals surface area (Å²) in [5.74, 6) is 0.550. The molecule has 2 aromatic carbocycles. The molecule has 0 bridgehead atoms. The van der Waals surface area contributed by atoms with E-state index in [9.17, 15) is 19.1 Å². The molecule has 1 fully saturated rings. The van der Waals surface area contributed by atoms with Crippen LogP contribution in [0.1, 0.15) is 48.7 Å². The van der Waals surface area contributed by atoms with Crippen LogP contribution >= 0.6 is 0 Å². The third-order valence-corrected chi connectivity index (χ3v) is 7.62. The number of hydrogen-bond acceptors (Lipinski definition) is 7. The minimum absolute atomic E-state index is 0.110. The van der Waals surface area contributed by atoms with E-state index in [-0.39, 0.29) is 25.6 Å². The van der Waals surface area contributed by atoms with Crippen molar-refractivity contribution in [3.63, 3.8) is 0 Å². The van der Waals surface area contributed by atoms with Gasteiger partial charge in [0.05, 0.1) is 24.8 Å². The predicted molar refractivity (Wildman–Crippen MR) is 151 cm³/mol. The van der Waals surface area contributed by atoms with Gasteiger partial charge in [-0.25, -0.2) is 9.18 Å². The van der Waals surface area contributed by atoms with Gasteiger partial charge in [0.15, 0.2) is 6.17 Å². The summed E-state index contributed by atoms with van der Waals surface area (Å²) in [5, 5.41) is 10.9. The molecule has 0 radical (unpaired) electrons. The van der Waals surface area contributed by atoms with E-state index in [4.69, 9.17) is 14.2 Å². The fourth-order valence-electron chi connectivity index (χ4n) is 5.59. The molecule has 0 spiro atoms. The zero-order chi connectivity index (χ0) is 29.1. The fraction of sp³-hybridized carbons (Fsp3) is 0.548. The van der Waals surface area contributed by atoms with Crippen molar-refractivity contribution in [3.05, 3.63) is 59.2 Å². The molecule has 10 heteroatoms. The first-order chi connectivity index (χ1) is 19.6. The number of aliphatic hydroxyl groups excluding tert-OH is 1. The number of hydrogen-bond donors (Lipinski definition) is 1. The number of halogens is 1. The molecule has 1 N–H and O–H groups in total. The van der Waals surface area contributed by atoms with Crippen molar-refractivity contribution in [2.45, 2.75) is 64.1 Å².